The minimum Gasteiger partial charge on any atom is -0.386 e. The summed E-state index contributed by atoms with van der Waals surface area (Å²) in [6.07, 6.45) is 0.0398. The summed E-state index contributed by atoms with van der Waals surface area (Å²) in [5.74, 6) is 0.394. The summed E-state index contributed by atoms with van der Waals surface area (Å²) in [4.78, 5) is 21.0. The van der Waals surface area contributed by atoms with E-state index in [1.54, 1.807) is 12.4 Å². The summed E-state index contributed by atoms with van der Waals surface area (Å²) in [7, 11) is -3.64. The van der Waals surface area contributed by atoms with E-state index in [1.165, 1.54) is 17.2 Å². The molecular weight excluding hydrogens is 432 g/mol. The largest absolute Gasteiger partial charge is 0.386 e. The van der Waals surface area contributed by atoms with Gasteiger partial charge in [-0.25, -0.2) is 15.0 Å². The quantitative estimate of drug-likeness (QED) is 0.329. The van der Waals surface area contributed by atoms with Crippen LogP contribution in [0.25, 0.3) is 11.2 Å². The molecule has 166 valence electrons. The first-order valence-electron chi connectivity index (χ1n) is 9.08. The molecule has 31 heavy (non-hydrogen) atoms. The SMILES string of the molecule is Cc1cnc(CNc2ncnc3c2ncn3[C@@H]2O[C@@H](N(C)S(=O)(=O)O)[C@@H](O)[C@H]2O)cn1. The van der Waals surface area contributed by atoms with Crippen LogP contribution in [0, 0.1) is 6.92 Å². The molecule has 0 aromatic carbocycles. The Morgan fingerprint density at radius 1 is 1.16 bits per heavy atom. The van der Waals surface area contributed by atoms with Gasteiger partial charge in [0.2, 0.25) is 0 Å². The highest BCUT2D eigenvalue weighted by molar-refractivity contribution is 7.83. The average molecular weight is 452 g/mol. The van der Waals surface area contributed by atoms with Gasteiger partial charge in [-0.2, -0.15) is 12.7 Å². The predicted octanol–water partition coefficient (Wildman–Crippen LogP) is -1.15. The summed E-state index contributed by atoms with van der Waals surface area (Å²) >= 11 is 0. The monoisotopic (exact) mass is 452 g/mol. The van der Waals surface area contributed by atoms with E-state index in [0.29, 0.717) is 27.9 Å². The molecule has 0 spiro atoms. The van der Waals surface area contributed by atoms with Crippen molar-refractivity contribution in [2.45, 2.75) is 38.1 Å². The number of aliphatic hydroxyl groups excluding tert-OH is 2. The maximum Gasteiger partial charge on any atom is 0.337 e. The zero-order valence-electron chi connectivity index (χ0n) is 16.4. The van der Waals surface area contributed by atoms with Gasteiger partial charge in [0.1, 0.15) is 18.5 Å². The van der Waals surface area contributed by atoms with Crippen LogP contribution < -0.4 is 5.32 Å². The number of hydrogen-bond acceptors (Lipinski definition) is 11. The van der Waals surface area contributed by atoms with Gasteiger partial charge >= 0.3 is 10.3 Å². The summed E-state index contributed by atoms with van der Waals surface area (Å²) in [5.41, 5.74) is 2.12. The molecule has 3 aromatic heterocycles. The van der Waals surface area contributed by atoms with Gasteiger partial charge in [0, 0.05) is 13.2 Å². The van der Waals surface area contributed by atoms with Crippen LogP contribution in [0.3, 0.4) is 0 Å². The molecule has 4 rings (SSSR count). The molecule has 0 bridgehead atoms. The number of likely N-dealkylation sites (N-methyl/N-ethyl adjacent to an activating group) is 1. The molecule has 1 aliphatic rings. The van der Waals surface area contributed by atoms with Crippen molar-refractivity contribution in [2.75, 3.05) is 12.4 Å². The molecule has 0 unspecified atom stereocenters. The third kappa shape index (κ3) is 4.06. The summed E-state index contributed by atoms with van der Waals surface area (Å²) in [6.45, 7) is 2.16. The number of nitrogens with zero attached hydrogens (tertiary/aromatic N) is 7. The van der Waals surface area contributed by atoms with E-state index in [4.69, 9.17) is 4.74 Å². The molecule has 0 saturated carbocycles. The molecule has 0 radical (unpaired) electrons. The molecule has 14 nitrogen and oxygen atoms in total. The lowest BCUT2D eigenvalue weighted by molar-refractivity contribution is -0.0723. The second kappa shape index (κ2) is 8.03. The van der Waals surface area contributed by atoms with Gasteiger partial charge in [0.15, 0.2) is 29.4 Å². The summed E-state index contributed by atoms with van der Waals surface area (Å²) in [6, 6.07) is 0. The molecule has 4 N–H and O–H groups in total. The van der Waals surface area contributed by atoms with E-state index >= 15 is 0 Å². The van der Waals surface area contributed by atoms with Gasteiger partial charge < -0.3 is 20.3 Å². The highest BCUT2D eigenvalue weighted by atomic mass is 32.2. The zero-order valence-corrected chi connectivity index (χ0v) is 17.2. The molecular formula is C16H20N8O6S. The number of fused-ring (bicyclic) bond motifs is 1. The van der Waals surface area contributed by atoms with Crippen LogP contribution in [-0.2, 0) is 21.6 Å². The molecule has 4 atom stereocenters. The number of imidazole rings is 1. The van der Waals surface area contributed by atoms with Gasteiger partial charge in [0.25, 0.3) is 0 Å². The van der Waals surface area contributed by atoms with Crippen molar-refractivity contribution in [1.82, 2.24) is 33.8 Å². The van der Waals surface area contributed by atoms with Gasteiger partial charge in [-0.1, -0.05) is 0 Å². The van der Waals surface area contributed by atoms with E-state index in [9.17, 15) is 23.2 Å². The lowest BCUT2D eigenvalue weighted by Crippen LogP contribution is -2.44. The van der Waals surface area contributed by atoms with E-state index in [-0.39, 0.29) is 5.65 Å². The highest BCUT2D eigenvalue weighted by Gasteiger charge is 2.48. The predicted molar refractivity (Wildman–Crippen MR) is 105 cm³/mol. The maximum atomic E-state index is 11.4. The second-order valence-corrected chi connectivity index (χ2v) is 8.41. The third-order valence-electron chi connectivity index (χ3n) is 4.84. The van der Waals surface area contributed by atoms with Crippen LogP contribution in [0.5, 0.6) is 0 Å². The molecule has 1 saturated heterocycles. The van der Waals surface area contributed by atoms with Crippen molar-refractivity contribution in [2.24, 2.45) is 0 Å². The van der Waals surface area contributed by atoms with Crippen molar-refractivity contribution in [3.63, 3.8) is 0 Å². The van der Waals surface area contributed by atoms with Gasteiger partial charge in [-0.05, 0) is 6.92 Å². The van der Waals surface area contributed by atoms with E-state index < -0.39 is 35.0 Å². The van der Waals surface area contributed by atoms with E-state index in [2.05, 4.69) is 30.2 Å². The minimum absolute atomic E-state index is 0.277. The lowest BCUT2D eigenvalue weighted by atomic mass is 10.2. The van der Waals surface area contributed by atoms with Crippen molar-refractivity contribution < 1.29 is 27.9 Å². The zero-order chi connectivity index (χ0) is 22.3. The summed E-state index contributed by atoms with van der Waals surface area (Å²) in [5, 5.41) is 23.7. The fourth-order valence-electron chi connectivity index (χ4n) is 3.16. The van der Waals surface area contributed by atoms with Crippen LogP contribution in [0.15, 0.2) is 25.0 Å². The number of rotatable bonds is 6. The first kappa shape index (κ1) is 21.4. The maximum absolute atomic E-state index is 11.4. The molecule has 3 aromatic rings. The van der Waals surface area contributed by atoms with Crippen molar-refractivity contribution >= 4 is 27.3 Å². The Morgan fingerprint density at radius 2 is 1.94 bits per heavy atom. The fourth-order valence-corrected chi connectivity index (χ4v) is 3.59. The standard InChI is InChI=1S/C16H20N8O6S/c1-8-3-18-9(4-17-8)5-19-13-10-14(21-6-20-13)24(7-22-10)16-12(26)11(25)15(30-16)23(2)31(27,28)29/h3-4,6-7,11-12,15-16,25-26H,5H2,1-2H3,(H,19,20,21)(H,27,28,29)/t11-,12+,15+,16+/m0/s1. The normalized spacial score (nSPS) is 24.2. The molecule has 0 amide bonds. The second-order valence-electron chi connectivity index (χ2n) is 6.94. The third-order valence-corrected chi connectivity index (χ3v) is 5.78. The van der Waals surface area contributed by atoms with Crippen LogP contribution in [0.1, 0.15) is 17.6 Å². The van der Waals surface area contributed by atoms with Crippen LogP contribution >= 0.6 is 0 Å². The number of hydrogen-bond donors (Lipinski definition) is 4. The lowest BCUT2D eigenvalue weighted by Gasteiger charge is -2.22. The van der Waals surface area contributed by atoms with E-state index in [0.717, 1.165) is 12.7 Å². The highest BCUT2D eigenvalue weighted by Crippen LogP contribution is 2.33. The Morgan fingerprint density at radius 3 is 2.61 bits per heavy atom. The van der Waals surface area contributed by atoms with Gasteiger partial charge in [0.05, 0.1) is 30.5 Å². The molecule has 1 aliphatic heterocycles. The first-order valence-corrected chi connectivity index (χ1v) is 10.5. The first-order chi connectivity index (χ1) is 14.7. The Bertz CT molecular complexity index is 1190. The van der Waals surface area contributed by atoms with E-state index in [1.807, 2.05) is 6.92 Å². The number of aromatic nitrogens is 6. The molecule has 1 fully saturated rings. The van der Waals surface area contributed by atoms with Crippen LogP contribution in [0.4, 0.5) is 5.82 Å². The number of anilines is 1. The van der Waals surface area contributed by atoms with Crippen molar-refractivity contribution in [3.05, 3.63) is 36.4 Å². The molecule has 0 aliphatic carbocycles. The smallest absolute Gasteiger partial charge is 0.337 e. The fraction of sp³-hybridized carbons (Fsp3) is 0.438. The Balaban J connectivity index is 1.59. The molecule has 4 heterocycles. The Hall–Kier alpha value is -2.82. The van der Waals surface area contributed by atoms with Crippen LogP contribution in [-0.4, -0.2) is 82.5 Å². The van der Waals surface area contributed by atoms with Crippen molar-refractivity contribution in [3.8, 4) is 0 Å². The topological polar surface area (TPSA) is 189 Å². The van der Waals surface area contributed by atoms with Gasteiger partial charge in [-0.15, -0.1) is 0 Å². The Kier molecular flexibility index (Phi) is 5.54. The summed E-state index contributed by atoms with van der Waals surface area (Å²) < 4.78 is 39.3. The van der Waals surface area contributed by atoms with Crippen LogP contribution in [0.2, 0.25) is 0 Å². The Labute approximate surface area is 176 Å². The molecule has 15 heteroatoms. The minimum atomic E-state index is -4.65. The number of aryl methyl sites for hydroxylation is 1. The average Bonchev–Trinajstić information content (AvgIpc) is 3.28. The number of aliphatic hydroxyl groups is 2. The number of ether oxygens (including phenoxy) is 1. The van der Waals surface area contributed by atoms with Crippen molar-refractivity contribution in [1.29, 1.82) is 0 Å². The van der Waals surface area contributed by atoms with Gasteiger partial charge in [-0.3, -0.25) is 19.1 Å². The number of nitrogens with one attached hydrogen (secondary N) is 1.